The van der Waals surface area contributed by atoms with Crippen molar-refractivity contribution >= 4 is 5.97 Å². The molecular weight excluding hydrogens is 190 g/mol. The van der Waals surface area contributed by atoms with Gasteiger partial charge in [0.15, 0.2) is 0 Å². The average molecular weight is 211 g/mol. The van der Waals surface area contributed by atoms with Crippen LogP contribution in [0.4, 0.5) is 0 Å². The van der Waals surface area contributed by atoms with Crippen molar-refractivity contribution in [2.45, 2.75) is 52.0 Å². The van der Waals surface area contributed by atoms with Gasteiger partial charge in [-0.05, 0) is 42.4 Å². The molecule has 3 nitrogen and oxygen atoms in total. The minimum atomic E-state index is -0.681. The first-order valence-corrected chi connectivity index (χ1v) is 5.87. The van der Waals surface area contributed by atoms with Crippen molar-refractivity contribution in [3.05, 3.63) is 0 Å². The van der Waals surface area contributed by atoms with E-state index in [2.05, 4.69) is 13.8 Å². The summed E-state index contributed by atoms with van der Waals surface area (Å²) in [6.07, 6.45) is 4.58. The van der Waals surface area contributed by atoms with Crippen molar-refractivity contribution in [2.75, 3.05) is 0 Å². The van der Waals surface area contributed by atoms with Crippen molar-refractivity contribution in [1.82, 2.24) is 0 Å². The largest absolute Gasteiger partial charge is 0.481 e. The lowest BCUT2D eigenvalue weighted by Crippen LogP contribution is -2.42. The lowest BCUT2D eigenvalue weighted by Gasteiger charge is -2.40. The van der Waals surface area contributed by atoms with Crippen LogP contribution in [0.25, 0.3) is 0 Å². The van der Waals surface area contributed by atoms with E-state index in [1.165, 1.54) is 12.8 Å². The average Bonchev–Trinajstić information content (AvgIpc) is 2.50. The molecule has 3 N–H and O–H groups in total. The molecular formula is C12H21NO2. The molecule has 2 fully saturated rings. The summed E-state index contributed by atoms with van der Waals surface area (Å²) in [6.45, 7) is 4.51. The molecule has 0 radical (unpaired) electrons. The van der Waals surface area contributed by atoms with E-state index in [-0.39, 0.29) is 23.3 Å². The van der Waals surface area contributed by atoms with Crippen LogP contribution in [0, 0.1) is 16.7 Å². The predicted molar refractivity (Wildman–Crippen MR) is 58.4 cm³/mol. The summed E-state index contributed by atoms with van der Waals surface area (Å²) in [7, 11) is 0. The SMILES string of the molecule is C[C@@]1(CCC(=O)O)[C@H]2CC[C@]1(C)[C@@H](N)C2. The first-order chi connectivity index (χ1) is 6.90. The molecule has 0 amide bonds. The van der Waals surface area contributed by atoms with Gasteiger partial charge in [0, 0.05) is 12.5 Å². The molecule has 0 spiro atoms. The second kappa shape index (κ2) is 3.21. The van der Waals surface area contributed by atoms with Gasteiger partial charge in [-0.25, -0.2) is 0 Å². The van der Waals surface area contributed by atoms with Crippen LogP contribution in [-0.2, 0) is 4.79 Å². The highest BCUT2D eigenvalue weighted by Gasteiger charge is 2.62. The third-order valence-electron chi connectivity index (χ3n) is 5.43. The molecule has 15 heavy (non-hydrogen) atoms. The Morgan fingerprint density at radius 1 is 1.53 bits per heavy atom. The molecule has 86 valence electrons. The van der Waals surface area contributed by atoms with Gasteiger partial charge in [0.2, 0.25) is 0 Å². The molecule has 0 heterocycles. The number of rotatable bonds is 3. The summed E-state index contributed by atoms with van der Waals surface area (Å²) in [5, 5.41) is 8.80. The van der Waals surface area contributed by atoms with Gasteiger partial charge in [-0.15, -0.1) is 0 Å². The van der Waals surface area contributed by atoms with Crippen LogP contribution < -0.4 is 5.73 Å². The van der Waals surface area contributed by atoms with E-state index in [9.17, 15) is 4.79 Å². The van der Waals surface area contributed by atoms with Crippen molar-refractivity contribution in [2.24, 2.45) is 22.5 Å². The second-order valence-corrected chi connectivity index (χ2v) is 5.81. The molecule has 0 aliphatic heterocycles. The van der Waals surface area contributed by atoms with E-state index in [4.69, 9.17) is 10.8 Å². The molecule has 2 aliphatic rings. The van der Waals surface area contributed by atoms with Gasteiger partial charge in [-0.2, -0.15) is 0 Å². The summed E-state index contributed by atoms with van der Waals surface area (Å²) in [6, 6.07) is 0.273. The maximum atomic E-state index is 10.7. The Kier molecular flexibility index (Phi) is 2.34. The van der Waals surface area contributed by atoms with Gasteiger partial charge in [0.05, 0.1) is 0 Å². The van der Waals surface area contributed by atoms with Gasteiger partial charge < -0.3 is 10.8 Å². The number of carboxylic acids is 1. The van der Waals surface area contributed by atoms with Crippen LogP contribution >= 0.6 is 0 Å². The second-order valence-electron chi connectivity index (χ2n) is 5.81. The van der Waals surface area contributed by atoms with E-state index in [1.807, 2.05) is 0 Å². The molecule has 0 aromatic heterocycles. The number of hydrogen-bond donors (Lipinski definition) is 2. The van der Waals surface area contributed by atoms with Crippen LogP contribution in [0.1, 0.15) is 46.0 Å². The summed E-state index contributed by atoms with van der Waals surface area (Å²) >= 11 is 0. The number of carboxylic acid groups (broad SMARTS) is 1. The first kappa shape index (κ1) is 10.9. The highest BCUT2D eigenvalue weighted by molar-refractivity contribution is 5.66. The van der Waals surface area contributed by atoms with Crippen LogP contribution in [0.5, 0.6) is 0 Å². The zero-order valence-electron chi connectivity index (χ0n) is 9.62. The molecule has 2 aliphatic carbocycles. The van der Waals surface area contributed by atoms with Crippen LogP contribution in [-0.4, -0.2) is 17.1 Å². The Morgan fingerprint density at radius 3 is 2.60 bits per heavy atom. The molecule has 4 atom stereocenters. The quantitative estimate of drug-likeness (QED) is 0.750. The third-order valence-corrected chi connectivity index (χ3v) is 5.43. The highest BCUT2D eigenvalue weighted by atomic mass is 16.4. The van der Waals surface area contributed by atoms with E-state index < -0.39 is 5.97 Å². The monoisotopic (exact) mass is 211 g/mol. The van der Waals surface area contributed by atoms with Gasteiger partial charge in [-0.3, -0.25) is 4.79 Å². The third kappa shape index (κ3) is 1.32. The van der Waals surface area contributed by atoms with Crippen molar-refractivity contribution in [3.63, 3.8) is 0 Å². The molecule has 0 aromatic rings. The zero-order valence-corrected chi connectivity index (χ0v) is 9.62. The fraction of sp³-hybridized carbons (Fsp3) is 0.917. The Balaban J connectivity index is 2.17. The predicted octanol–water partition coefficient (Wildman–Crippen LogP) is 2.00. The number of nitrogens with two attached hydrogens (primary N) is 1. The highest BCUT2D eigenvalue weighted by Crippen LogP contribution is 2.66. The van der Waals surface area contributed by atoms with Crippen LogP contribution in [0.3, 0.4) is 0 Å². The Hall–Kier alpha value is -0.570. The molecule has 2 bridgehead atoms. The number of aliphatic carboxylic acids is 1. The molecule has 2 saturated carbocycles. The summed E-state index contributed by atoms with van der Waals surface area (Å²) in [5.41, 5.74) is 6.52. The summed E-state index contributed by atoms with van der Waals surface area (Å²) < 4.78 is 0. The maximum absolute atomic E-state index is 10.7. The van der Waals surface area contributed by atoms with Gasteiger partial charge in [0.25, 0.3) is 0 Å². The molecule has 0 unspecified atom stereocenters. The number of hydrogen-bond acceptors (Lipinski definition) is 2. The number of carbonyl (C=O) groups is 1. The minimum Gasteiger partial charge on any atom is -0.481 e. The van der Waals surface area contributed by atoms with Gasteiger partial charge >= 0.3 is 5.97 Å². The van der Waals surface area contributed by atoms with Gasteiger partial charge in [-0.1, -0.05) is 13.8 Å². The van der Waals surface area contributed by atoms with Crippen molar-refractivity contribution in [3.8, 4) is 0 Å². The van der Waals surface area contributed by atoms with Crippen LogP contribution in [0.15, 0.2) is 0 Å². The fourth-order valence-electron chi connectivity index (χ4n) is 3.95. The van der Waals surface area contributed by atoms with Crippen LogP contribution in [0.2, 0.25) is 0 Å². The van der Waals surface area contributed by atoms with E-state index in [0.29, 0.717) is 5.92 Å². The van der Waals surface area contributed by atoms with E-state index >= 15 is 0 Å². The summed E-state index contributed by atoms with van der Waals surface area (Å²) in [4.78, 5) is 10.7. The fourth-order valence-corrected chi connectivity index (χ4v) is 3.95. The zero-order chi connectivity index (χ0) is 11.3. The van der Waals surface area contributed by atoms with Crippen molar-refractivity contribution in [1.29, 1.82) is 0 Å². The molecule has 0 saturated heterocycles. The normalized spacial score (nSPS) is 48.5. The van der Waals surface area contributed by atoms with E-state index in [0.717, 1.165) is 12.8 Å². The topological polar surface area (TPSA) is 63.3 Å². The first-order valence-electron chi connectivity index (χ1n) is 5.87. The maximum Gasteiger partial charge on any atom is 0.303 e. The minimum absolute atomic E-state index is 0.158. The Morgan fingerprint density at radius 2 is 2.20 bits per heavy atom. The Labute approximate surface area is 91.0 Å². The molecule has 3 heteroatoms. The lowest BCUT2D eigenvalue weighted by atomic mass is 9.65. The smallest absolute Gasteiger partial charge is 0.303 e. The molecule has 2 rings (SSSR count). The molecule has 0 aromatic carbocycles. The van der Waals surface area contributed by atoms with Crippen molar-refractivity contribution < 1.29 is 9.90 Å². The van der Waals surface area contributed by atoms with Gasteiger partial charge in [0.1, 0.15) is 0 Å². The Bertz CT molecular complexity index is 291. The standard InChI is InChI=1S/C12H21NO2/c1-11(6-4-10(14)15)8-3-5-12(11,2)9(13)7-8/h8-9H,3-7,13H2,1-2H3,(H,14,15)/t8-,9-,11+,12+/m0/s1. The number of fused-ring (bicyclic) bond motifs is 2. The van der Waals surface area contributed by atoms with E-state index in [1.54, 1.807) is 0 Å². The lowest BCUT2D eigenvalue weighted by molar-refractivity contribution is -0.138. The summed E-state index contributed by atoms with van der Waals surface area (Å²) in [5.74, 6) is -0.0310.